The summed E-state index contributed by atoms with van der Waals surface area (Å²) in [5.74, 6) is -1.71. The van der Waals surface area contributed by atoms with Gasteiger partial charge in [-0.3, -0.25) is 14.4 Å². The molecule has 0 rings (SSSR count). The second-order valence-corrected chi connectivity index (χ2v) is 6.22. The molecule has 0 aromatic carbocycles. The smallest absolute Gasteiger partial charge is 0.317 e. The van der Waals surface area contributed by atoms with E-state index in [1.165, 1.54) is 4.90 Å². The third-order valence-corrected chi connectivity index (χ3v) is 3.33. The molecule has 8 nitrogen and oxygen atoms in total. The molecule has 0 saturated carbocycles. The van der Waals surface area contributed by atoms with Crippen LogP contribution in [0.2, 0.25) is 0 Å². The number of urea groups is 1. The SMILES string of the molecule is CCNC(=O)C(=O)[C@H](CC)NC(=O)[C@H](CC(C)C)NC(=O)N(C)C. The van der Waals surface area contributed by atoms with Crippen molar-refractivity contribution in [3.63, 3.8) is 0 Å². The van der Waals surface area contributed by atoms with Gasteiger partial charge in [-0.15, -0.1) is 0 Å². The molecule has 0 heterocycles. The van der Waals surface area contributed by atoms with Crippen LogP contribution in [0.1, 0.15) is 40.5 Å². The molecule has 2 atom stereocenters. The first-order valence-electron chi connectivity index (χ1n) is 8.24. The van der Waals surface area contributed by atoms with Gasteiger partial charge in [-0.1, -0.05) is 20.8 Å². The fraction of sp³-hybridized carbons (Fsp3) is 0.750. The molecular formula is C16H30N4O4. The van der Waals surface area contributed by atoms with Crippen LogP contribution >= 0.6 is 0 Å². The highest BCUT2D eigenvalue weighted by atomic mass is 16.2. The Hall–Kier alpha value is -2.12. The van der Waals surface area contributed by atoms with Crippen molar-refractivity contribution in [1.82, 2.24) is 20.9 Å². The highest BCUT2D eigenvalue weighted by molar-refractivity contribution is 6.38. The summed E-state index contributed by atoms with van der Waals surface area (Å²) in [5.41, 5.74) is 0. The maximum Gasteiger partial charge on any atom is 0.317 e. The third-order valence-electron chi connectivity index (χ3n) is 3.33. The lowest BCUT2D eigenvalue weighted by molar-refractivity contribution is -0.140. The molecule has 24 heavy (non-hydrogen) atoms. The van der Waals surface area contributed by atoms with E-state index >= 15 is 0 Å². The first-order chi connectivity index (χ1) is 11.1. The highest BCUT2D eigenvalue weighted by Gasteiger charge is 2.29. The first kappa shape index (κ1) is 21.9. The number of likely N-dealkylation sites (N-methyl/N-ethyl adjacent to an activating group) is 1. The van der Waals surface area contributed by atoms with Gasteiger partial charge in [0.05, 0.1) is 6.04 Å². The van der Waals surface area contributed by atoms with Gasteiger partial charge in [0.25, 0.3) is 5.91 Å². The Morgan fingerprint density at radius 3 is 1.96 bits per heavy atom. The number of carbonyl (C=O) groups excluding carboxylic acids is 4. The van der Waals surface area contributed by atoms with Gasteiger partial charge in [0.1, 0.15) is 6.04 Å². The quantitative estimate of drug-likeness (QED) is 0.523. The lowest BCUT2D eigenvalue weighted by Crippen LogP contribution is -2.55. The minimum absolute atomic E-state index is 0.169. The standard InChI is InChI=1S/C16H30N4O4/c1-7-11(13(21)15(23)17-8-2)18-14(22)12(9-10(3)4)19-16(24)20(5)6/h10-12H,7-9H2,1-6H3,(H,17,23)(H,18,22)(H,19,24)/t11-,12-/m0/s1. The number of hydrogen-bond donors (Lipinski definition) is 3. The van der Waals surface area contributed by atoms with Gasteiger partial charge < -0.3 is 20.9 Å². The molecule has 0 unspecified atom stereocenters. The van der Waals surface area contributed by atoms with Gasteiger partial charge in [0.15, 0.2) is 0 Å². The molecule has 0 aliphatic carbocycles. The molecule has 138 valence electrons. The molecule has 4 amide bonds. The summed E-state index contributed by atoms with van der Waals surface area (Å²) >= 11 is 0. The van der Waals surface area contributed by atoms with Gasteiger partial charge in [0, 0.05) is 20.6 Å². The molecule has 0 aliphatic heterocycles. The normalized spacial score (nSPS) is 13.0. The fourth-order valence-electron chi connectivity index (χ4n) is 2.01. The van der Waals surface area contributed by atoms with Crippen LogP contribution in [0.15, 0.2) is 0 Å². The van der Waals surface area contributed by atoms with Crippen LogP contribution in [0.25, 0.3) is 0 Å². The Balaban J connectivity index is 5.02. The molecule has 0 aromatic rings. The summed E-state index contributed by atoms with van der Waals surface area (Å²) in [5, 5.41) is 7.63. The molecule has 8 heteroatoms. The zero-order chi connectivity index (χ0) is 18.9. The highest BCUT2D eigenvalue weighted by Crippen LogP contribution is 2.07. The summed E-state index contributed by atoms with van der Waals surface area (Å²) in [6.07, 6.45) is 0.717. The van der Waals surface area contributed by atoms with Crippen LogP contribution in [-0.4, -0.2) is 61.3 Å². The first-order valence-corrected chi connectivity index (χ1v) is 8.24. The van der Waals surface area contributed by atoms with Crippen molar-refractivity contribution in [2.24, 2.45) is 5.92 Å². The monoisotopic (exact) mass is 342 g/mol. The average Bonchev–Trinajstić information content (AvgIpc) is 2.50. The van der Waals surface area contributed by atoms with E-state index in [9.17, 15) is 19.2 Å². The lowest BCUT2D eigenvalue weighted by atomic mass is 10.0. The Bertz CT molecular complexity index is 463. The molecule has 0 aliphatic rings. The fourth-order valence-corrected chi connectivity index (χ4v) is 2.01. The van der Waals surface area contributed by atoms with E-state index in [4.69, 9.17) is 0 Å². The number of ketones is 1. The molecule has 0 bridgehead atoms. The van der Waals surface area contributed by atoms with Crippen LogP contribution in [0.4, 0.5) is 4.79 Å². The van der Waals surface area contributed by atoms with E-state index in [-0.39, 0.29) is 18.4 Å². The van der Waals surface area contributed by atoms with E-state index in [0.29, 0.717) is 13.0 Å². The minimum Gasteiger partial charge on any atom is -0.350 e. The van der Waals surface area contributed by atoms with Crippen molar-refractivity contribution in [2.45, 2.75) is 52.6 Å². The summed E-state index contributed by atoms with van der Waals surface area (Å²) in [7, 11) is 3.15. The number of amides is 4. The van der Waals surface area contributed by atoms with E-state index < -0.39 is 29.7 Å². The van der Waals surface area contributed by atoms with Crippen molar-refractivity contribution in [3.8, 4) is 0 Å². The Morgan fingerprint density at radius 1 is 0.958 bits per heavy atom. The van der Waals surface area contributed by atoms with E-state index in [1.807, 2.05) is 13.8 Å². The van der Waals surface area contributed by atoms with Crippen molar-refractivity contribution >= 4 is 23.6 Å². The van der Waals surface area contributed by atoms with Crippen molar-refractivity contribution in [2.75, 3.05) is 20.6 Å². The van der Waals surface area contributed by atoms with Crippen LogP contribution in [-0.2, 0) is 14.4 Å². The molecule has 0 spiro atoms. The van der Waals surface area contributed by atoms with Gasteiger partial charge in [-0.25, -0.2) is 4.79 Å². The number of nitrogens with zero attached hydrogens (tertiary/aromatic N) is 1. The molecule has 0 fully saturated rings. The van der Waals surface area contributed by atoms with Crippen molar-refractivity contribution < 1.29 is 19.2 Å². The van der Waals surface area contributed by atoms with Gasteiger partial charge in [-0.05, 0) is 25.7 Å². The lowest BCUT2D eigenvalue weighted by Gasteiger charge is -2.24. The van der Waals surface area contributed by atoms with E-state index in [0.717, 1.165) is 0 Å². The van der Waals surface area contributed by atoms with Crippen LogP contribution in [0, 0.1) is 5.92 Å². The molecular weight excluding hydrogens is 312 g/mol. The second-order valence-electron chi connectivity index (χ2n) is 6.22. The van der Waals surface area contributed by atoms with Gasteiger partial charge >= 0.3 is 6.03 Å². The topological polar surface area (TPSA) is 108 Å². The summed E-state index contributed by atoms with van der Waals surface area (Å²) in [6, 6.07) is -2.06. The van der Waals surface area contributed by atoms with Crippen LogP contribution in [0.3, 0.4) is 0 Å². The van der Waals surface area contributed by atoms with Crippen molar-refractivity contribution in [1.29, 1.82) is 0 Å². The minimum atomic E-state index is -0.907. The maximum atomic E-state index is 12.5. The zero-order valence-electron chi connectivity index (χ0n) is 15.4. The van der Waals surface area contributed by atoms with Gasteiger partial charge in [0.2, 0.25) is 11.7 Å². The molecule has 3 N–H and O–H groups in total. The average molecular weight is 342 g/mol. The number of Topliss-reactive ketones (excluding diaryl/α,β-unsaturated/α-hetero) is 1. The predicted molar refractivity (Wildman–Crippen MR) is 91.4 cm³/mol. The van der Waals surface area contributed by atoms with Gasteiger partial charge in [-0.2, -0.15) is 0 Å². The maximum absolute atomic E-state index is 12.5. The second kappa shape index (κ2) is 10.6. The Labute approximate surface area is 143 Å². The predicted octanol–water partition coefficient (Wildman–Crippen LogP) is 0.272. The van der Waals surface area contributed by atoms with Crippen molar-refractivity contribution in [3.05, 3.63) is 0 Å². The molecule has 0 radical (unpaired) electrons. The number of rotatable bonds is 9. The number of carbonyl (C=O) groups is 4. The van der Waals surface area contributed by atoms with Crippen LogP contribution < -0.4 is 16.0 Å². The Morgan fingerprint density at radius 2 is 1.54 bits per heavy atom. The number of hydrogen-bond acceptors (Lipinski definition) is 4. The van der Waals surface area contributed by atoms with E-state index in [2.05, 4.69) is 16.0 Å². The molecule has 0 saturated heterocycles. The summed E-state index contributed by atoms with van der Waals surface area (Å²) in [4.78, 5) is 49.3. The number of nitrogens with one attached hydrogen (secondary N) is 3. The summed E-state index contributed by atoms with van der Waals surface area (Å²) < 4.78 is 0. The largest absolute Gasteiger partial charge is 0.350 e. The van der Waals surface area contributed by atoms with Crippen LogP contribution in [0.5, 0.6) is 0 Å². The Kier molecular flexibility index (Phi) is 9.68. The molecule has 0 aromatic heterocycles. The third kappa shape index (κ3) is 7.43. The summed E-state index contributed by atoms with van der Waals surface area (Å²) in [6.45, 7) is 7.61. The zero-order valence-corrected chi connectivity index (χ0v) is 15.4. The van der Waals surface area contributed by atoms with E-state index in [1.54, 1.807) is 27.9 Å².